The van der Waals surface area contributed by atoms with Crippen LogP contribution in [0.25, 0.3) is 0 Å². The number of anilines is 1. The van der Waals surface area contributed by atoms with E-state index in [1.807, 2.05) is 48.5 Å². The molecule has 1 N–H and O–H groups in total. The van der Waals surface area contributed by atoms with Gasteiger partial charge in [-0.1, -0.05) is 42.1 Å². The average Bonchev–Trinajstić information content (AvgIpc) is 3.53. The van der Waals surface area contributed by atoms with Crippen LogP contribution in [0, 0.1) is 0 Å². The van der Waals surface area contributed by atoms with Crippen molar-refractivity contribution in [1.29, 1.82) is 0 Å². The maximum Gasteiger partial charge on any atom is 0.269 e. The van der Waals surface area contributed by atoms with Gasteiger partial charge in [0.15, 0.2) is 5.17 Å². The van der Waals surface area contributed by atoms with Gasteiger partial charge in [-0.25, -0.2) is 5.10 Å². The SMILES string of the molecule is CCN1/C(=C2/S/C(=N\c3ncn[nH]3)N(Cc3ccccc3)C2=O)Sc2ccc(OC)cc21. The number of carbonyl (C=O) groups excluding carboxylic acids is 1. The predicted octanol–water partition coefficient (Wildman–Crippen LogP) is 4.38. The van der Waals surface area contributed by atoms with E-state index in [4.69, 9.17) is 4.74 Å². The van der Waals surface area contributed by atoms with Crippen LogP contribution < -0.4 is 9.64 Å². The van der Waals surface area contributed by atoms with Crippen LogP contribution in [0.1, 0.15) is 12.5 Å². The largest absolute Gasteiger partial charge is 0.497 e. The van der Waals surface area contributed by atoms with Gasteiger partial charge in [0.05, 0.1) is 19.3 Å². The summed E-state index contributed by atoms with van der Waals surface area (Å²) in [5, 5.41) is 8.10. The summed E-state index contributed by atoms with van der Waals surface area (Å²) in [7, 11) is 1.66. The Morgan fingerprint density at radius 1 is 1.12 bits per heavy atom. The molecule has 0 aliphatic carbocycles. The molecule has 2 aliphatic heterocycles. The number of rotatable bonds is 5. The number of nitrogens with one attached hydrogen (secondary N) is 1. The minimum atomic E-state index is -0.0714. The Kier molecular flexibility index (Phi) is 5.62. The Morgan fingerprint density at radius 2 is 1.97 bits per heavy atom. The number of carbonyl (C=O) groups is 1. The number of nitrogens with zero attached hydrogens (tertiary/aromatic N) is 5. The standard InChI is InChI=1S/C22H20N6O2S2/c1-3-27-16-11-15(30-2)9-10-17(16)31-20(27)18-19(29)28(12-14-7-5-4-6-8-14)22(32-18)25-21-23-13-24-26-21/h4-11,13H,3,12H2,1-2H3,(H,23,24,26)/b20-18-,25-22-. The van der Waals surface area contributed by atoms with Crippen LogP contribution in [0.15, 0.2) is 74.7 Å². The third-order valence-corrected chi connectivity index (χ3v) is 7.45. The van der Waals surface area contributed by atoms with E-state index in [9.17, 15) is 4.79 Å². The highest BCUT2D eigenvalue weighted by atomic mass is 32.2. The number of fused-ring (bicyclic) bond motifs is 1. The monoisotopic (exact) mass is 464 g/mol. The lowest BCUT2D eigenvalue weighted by molar-refractivity contribution is -0.122. The van der Waals surface area contributed by atoms with Crippen molar-refractivity contribution in [2.45, 2.75) is 18.4 Å². The number of H-pyrrole nitrogens is 1. The summed E-state index contributed by atoms with van der Waals surface area (Å²) in [5.74, 6) is 1.08. The van der Waals surface area contributed by atoms with Crippen molar-refractivity contribution in [2.75, 3.05) is 18.6 Å². The van der Waals surface area contributed by atoms with Gasteiger partial charge < -0.3 is 9.64 Å². The van der Waals surface area contributed by atoms with Crippen molar-refractivity contribution in [3.8, 4) is 5.75 Å². The second-order valence-corrected chi connectivity index (χ2v) is 9.00. The van der Waals surface area contributed by atoms with Gasteiger partial charge in [-0.2, -0.15) is 15.1 Å². The predicted molar refractivity (Wildman–Crippen MR) is 127 cm³/mol. The molecule has 1 amide bonds. The van der Waals surface area contributed by atoms with Crippen LogP contribution >= 0.6 is 23.5 Å². The fourth-order valence-corrected chi connectivity index (χ4v) is 5.89. The van der Waals surface area contributed by atoms with Gasteiger partial charge in [-0.15, -0.1) is 0 Å². The summed E-state index contributed by atoms with van der Waals surface area (Å²) in [6.07, 6.45) is 1.40. The maximum atomic E-state index is 13.6. The molecule has 0 atom stereocenters. The van der Waals surface area contributed by atoms with Crippen LogP contribution in [-0.2, 0) is 11.3 Å². The summed E-state index contributed by atoms with van der Waals surface area (Å²) in [5.41, 5.74) is 2.07. The van der Waals surface area contributed by atoms with Crippen LogP contribution in [0.5, 0.6) is 5.75 Å². The number of thioether (sulfide) groups is 2. The van der Waals surface area contributed by atoms with Crippen LogP contribution in [0.2, 0.25) is 0 Å². The molecule has 8 nitrogen and oxygen atoms in total. The van der Waals surface area contributed by atoms with Crippen molar-refractivity contribution >= 4 is 46.2 Å². The Hall–Kier alpha value is -3.24. The third-order valence-electron chi connectivity index (χ3n) is 5.07. The summed E-state index contributed by atoms with van der Waals surface area (Å²) < 4.78 is 5.41. The Bertz CT molecular complexity index is 1210. The zero-order valence-corrected chi connectivity index (χ0v) is 19.1. The van der Waals surface area contributed by atoms with Gasteiger partial charge in [0.2, 0.25) is 5.95 Å². The number of methoxy groups -OCH3 is 1. The van der Waals surface area contributed by atoms with Crippen molar-refractivity contribution in [2.24, 2.45) is 4.99 Å². The number of hydrogen-bond donors (Lipinski definition) is 1. The van der Waals surface area contributed by atoms with Crippen molar-refractivity contribution in [1.82, 2.24) is 20.1 Å². The van der Waals surface area contributed by atoms with Gasteiger partial charge in [0, 0.05) is 17.5 Å². The van der Waals surface area contributed by atoms with E-state index in [1.54, 1.807) is 23.8 Å². The van der Waals surface area contributed by atoms with Gasteiger partial charge in [0.1, 0.15) is 22.0 Å². The van der Waals surface area contributed by atoms with E-state index < -0.39 is 0 Å². The number of benzene rings is 2. The molecular formula is C22H20N6O2S2. The highest BCUT2D eigenvalue weighted by molar-refractivity contribution is 8.19. The summed E-state index contributed by atoms with van der Waals surface area (Å²) in [6, 6.07) is 15.9. The number of hydrogen-bond acceptors (Lipinski definition) is 8. The van der Waals surface area contributed by atoms with Gasteiger partial charge in [0.25, 0.3) is 5.91 Å². The van der Waals surface area contributed by atoms with Gasteiger partial charge in [-0.3, -0.25) is 9.69 Å². The van der Waals surface area contributed by atoms with E-state index >= 15 is 0 Å². The van der Waals surface area contributed by atoms with Crippen LogP contribution in [0.3, 0.4) is 0 Å². The molecule has 2 aromatic carbocycles. The first-order valence-electron chi connectivity index (χ1n) is 10.0. The van der Waals surface area contributed by atoms with Crippen molar-refractivity contribution in [3.05, 3.63) is 70.4 Å². The number of aromatic amines is 1. The van der Waals surface area contributed by atoms with Crippen LogP contribution in [-0.4, -0.2) is 44.8 Å². The Labute approximate surface area is 193 Å². The van der Waals surface area contributed by atoms with Gasteiger partial charge in [-0.05, 0) is 36.4 Å². The number of amides is 1. The minimum absolute atomic E-state index is 0.0714. The first kappa shape index (κ1) is 20.7. The highest BCUT2D eigenvalue weighted by Gasteiger charge is 2.40. The van der Waals surface area contributed by atoms with E-state index in [-0.39, 0.29) is 5.91 Å². The topological polar surface area (TPSA) is 86.7 Å². The van der Waals surface area contributed by atoms with E-state index in [1.165, 1.54) is 18.1 Å². The van der Waals surface area contributed by atoms with E-state index in [2.05, 4.69) is 32.0 Å². The lowest BCUT2D eigenvalue weighted by Crippen LogP contribution is -2.29. The molecule has 1 saturated heterocycles. The molecule has 3 heterocycles. The molecule has 1 aromatic heterocycles. The summed E-state index contributed by atoms with van der Waals surface area (Å²) >= 11 is 2.96. The molecule has 5 rings (SSSR count). The minimum Gasteiger partial charge on any atom is -0.497 e. The van der Waals surface area contributed by atoms with E-state index in [0.717, 1.165) is 33.5 Å². The second kappa shape index (κ2) is 8.71. The lowest BCUT2D eigenvalue weighted by Gasteiger charge is -2.19. The molecule has 32 heavy (non-hydrogen) atoms. The molecule has 0 spiro atoms. The Balaban J connectivity index is 1.55. The van der Waals surface area contributed by atoms with Crippen molar-refractivity contribution < 1.29 is 9.53 Å². The lowest BCUT2D eigenvalue weighted by atomic mass is 10.2. The third kappa shape index (κ3) is 3.76. The first-order chi connectivity index (χ1) is 15.7. The average molecular weight is 465 g/mol. The number of aliphatic imine (C=N–C) groups is 1. The molecule has 2 aliphatic rings. The molecule has 0 unspecified atom stereocenters. The number of aromatic nitrogens is 3. The Morgan fingerprint density at radius 3 is 2.69 bits per heavy atom. The second-order valence-electron chi connectivity index (χ2n) is 7.00. The molecule has 3 aromatic rings. The molecule has 0 radical (unpaired) electrons. The molecule has 0 bridgehead atoms. The molecule has 10 heteroatoms. The first-order valence-corrected chi connectivity index (χ1v) is 11.7. The summed E-state index contributed by atoms with van der Waals surface area (Å²) in [4.78, 5) is 27.9. The fourth-order valence-electron chi connectivity index (χ4n) is 3.54. The number of ether oxygens (including phenoxy) is 1. The molecule has 162 valence electrons. The zero-order chi connectivity index (χ0) is 22.1. The maximum absolute atomic E-state index is 13.6. The fraction of sp³-hybridized carbons (Fsp3) is 0.182. The normalized spacial score (nSPS) is 19.2. The molecule has 0 saturated carbocycles. The zero-order valence-electron chi connectivity index (χ0n) is 17.5. The van der Waals surface area contributed by atoms with Gasteiger partial charge >= 0.3 is 0 Å². The number of amidine groups is 1. The van der Waals surface area contributed by atoms with Crippen molar-refractivity contribution in [3.63, 3.8) is 0 Å². The molecular weight excluding hydrogens is 444 g/mol. The smallest absolute Gasteiger partial charge is 0.269 e. The van der Waals surface area contributed by atoms with E-state index in [0.29, 0.717) is 22.6 Å². The highest BCUT2D eigenvalue weighted by Crippen LogP contribution is 2.51. The quantitative estimate of drug-likeness (QED) is 0.561. The summed E-state index contributed by atoms with van der Waals surface area (Å²) in [6.45, 7) is 3.23. The van der Waals surface area contributed by atoms with Crippen LogP contribution in [0.4, 0.5) is 11.6 Å². The molecule has 1 fully saturated rings.